The molecule has 0 spiro atoms. The summed E-state index contributed by atoms with van der Waals surface area (Å²) in [5.41, 5.74) is 2.20. The van der Waals surface area contributed by atoms with Crippen molar-refractivity contribution in [2.45, 2.75) is 12.6 Å². The number of carbonyl (C=O) groups is 1. The summed E-state index contributed by atoms with van der Waals surface area (Å²) in [4.78, 5) is 14.4. The number of furan rings is 1. The molecule has 4 nitrogen and oxygen atoms in total. The molecule has 0 unspecified atom stereocenters. The van der Waals surface area contributed by atoms with Crippen molar-refractivity contribution >= 4 is 23.1 Å². The summed E-state index contributed by atoms with van der Waals surface area (Å²) in [6, 6.07) is 19.9. The Morgan fingerprint density at radius 3 is 2.54 bits per heavy atom. The first-order valence-electron chi connectivity index (χ1n) is 8.22. The molecule has 1 aliphatic rings. The van der Waals surface area contributed by atoms with Gasteiger partial charge < -0.3 is 14.4 Å². The molecule has 2 aromatic carbocycles. The lowest BCUT2D eigenvalue weighted by Gasteiger charge is -2.26. The van der Waals surface area contributed by atoms with Crippen LogP contribution in [0.4, 0.5) is 0 Å². The number of benzene rings is 2. The fraction of sp³-hybridized carbons (Fsp3) is 0.0952. The third kappa shape index (κ3) is 2.89. The Labute approximate surface area is 155 Å². The zero-order chi connectivity index (χ0) is 18.1. The highest BCUT2D eigenvalue weighted by atomic mass is 35.5. The van der Waals surface area contributed by atoms with Crippen LogP contribution in [-0.2, 0) is 11.3 Å². The van der Waals surface area contributed by atoms with Crippen LogP contribution >= 0.6 is 11.6 Å². The fourth-order valence-electron chi connectivity index (χ4n) is 3.32. The summed E-state index contributed by atoms with van der Waals surface area (Å²) < 4.78 is 5.41. The maximum atomic E-state index is 12.8. The first-order chi connectivity index (χ1) is 12.6. The largest absolute Gasteiger partial charge is 0.503 e. The van der Waals surface area contributed by atoms with Crippen LogP contribution in [0.2, 0.25) is 5.02 Å². The van der Waals surface area contributed by atoms with Crippen LogP contribution in [0.25, 0.3) is 5.57 Å². The van der Waals surface area contributed by atoms with Gasteiger partial charge in [-0.05, 0) is 35.4 Å². The maximum absolute atomic E-state index is 12.8. The molecule has 1 atom stereocenters. The van der Waals surface area contributed by atoms with Gasteiger partial charge in [-0.3, -0.25) is 4.79 Å². The van der Waals surface area contributed by atoms with Gasteiger partial charge in [-0.15, -0.1) is 0 Å². The zero-order valence-electron chi connectivity index (χ0n) is 13.8. The standard InChI is InChI=1S/C21H16ClNO3/c22-16-9-4-8-15(12-16)19-18(14-6-2-1-3-7-14)20(24)21(25)23(19)13-17-10-5-11-26-17/h1-12,19,24H,13H2/t19-/m0/s1. The van der Waals surface area contributed by atoms with E-state index in [1.807, 2.05) is 48.5 Å². The van der Waals surface area contributed by atoms with Crippen molar-refractivity contribution in [2.75, 3.05) is 0 Å². The van der Waals surface area contributed by atoms with Crippen LogP contribution in [-0.4, -0.2) is 15.9 Å². The Bertz CT molecular complexity index is 964. The number of aliphatic hydroxyl groups excluding tert-OH is 1. The molecule has 1 aromatic heterocycles. The Morgan fingerprint density at radius 2 is 1.85 bits per heavy atom. The van der Waals surface area contributed by atoms with Crippen LogP contribution in [0, 0.1) is 0 Å². The van der Waals surface area contributed by atoms with E-state index in [2.05, 4.69) is 0 Å². The van der Waals surface area contributed by atoms with E-state index in [0.29, 0.717) is 16.4 Å². The lowest BCUT2D eigenvalue weighted by Crippen LogP contribution is -2.29. The molecule has 0 saturated carbocycles. The van der Waals surface area contributed by atoms with Gasteiger partial charge in [-0.1, -0.05) is 54.1 Å². The molecule has 0 bridgehead atoms. The third-order valence-corrected chi connectivity index (χ3v) is 4.69. The van der Waals surface area contributed by atoms with E-state index >= 15 is 0 Å². The van der Waals surface area contributed by atoms with Crippen LogP contribution in [0.15, 0.2) is 83.2 Å². The predicted octanol–water partition coefficient (Wildman–Crippen LogP) is 4.99. The predicted molar refractivity (Wildman–Crippen MR) is 99.4 cm³/mol. The second kappa shape index (κ2) is 6.73. The SMILES string of the molecule is O=C1C(O)=C(c2ccccc2)[C@H](c2cccc(Cl)c2)N1Cc1ccco1. The Morgan fingerprint density at radius 1 is 1.04 bits per heavy atom. The molecular formula is C21H16ClNO3. The molecule has 130 valence electrons. The monoisotopic (exact) mass is 365 g/mol. The van der Waals surface area contributed by atoms with Gasteiger partial charge >= 0.3 is 0 Å². The summed E-state index contributed by atoms with van der Waals surface area (Å²) in [5.74, 6) is -0.0227. The van der Waals surface area contributed by atoms with Gasteiger partial charge in [0, 0.05) is 10.6 Å². The van der Waals surface area contributed by atoms with Gasteiger partial charge in [0.15, 0.2) is 5.76 Å². The number of aliphatic hydroxyl groups is 1. The van der Waals surface area contributed by atoms with Gasteiger partial charge in [0.1, 0.15) is 5.76 Å². The Kier molecular flexibility index (Phi) is 4.27. The minimum absolute atomic E-state index is 0.243. The highest BCUT2D eigenvalue weighted by molar-refractivity contribution is 6.30. The maximum Gasteiger partial charge on any atom is 0.290 e. The number of nitrogens with zero attached hydrogens (tertiary/aromatic N) is 1. The van der Waals surface area contributed by atoms with Gasteiger partial charge in [-0.25, -0.2) is 0 Å². The van der Waals surface area contributed by atoms with Crippen LogP contribution in [0.3, 0.4) is 0 Å². The van der Waals surface area contributed by atoms with E-state index in [9.17, 15) is 9.90 Å². The van der Waals surface area contributed by atoms with Crippen molar-refractivity contribution in [3.63, 3.8) is 0 Å². The van der Waals surface area contributed by atoms with Gasteiger partial charge in [0.05, 0.1) is 18.8 Å². The van der Waals surface area contributed by atoms with E-state index in [4.69, 9.17) is 16.0 Å². The van der Waals surface area contributed by atoms with Crippen LogP contribution in [0.1, 0.15) is 22.9 Å². The quantitative estimate of drug-likeness (QED) is 0.709. The van der Waals surface area contributed by atoms with E-state index in [1.165, 1.54) is 0 Å². The lowest BCUT2D eigenvalue weighted by atomic mass is 9.93. The molecule has 5 heteroatoms. The van der Waals surface area contributed by atoms with Crippen molar-refractivity contribution in [2.24, 2.45) is 0 Å². The highest BCUT2D eigenvalue weighted by Gasteiger charge is 2.41. The van der Waals surface area contributed by atoms with Crippen molar-refractivity contribution < 1.29 is 14.3 Å². The molecule has 0 fully saturated rings. The Balaban J connectivity index is 1.84. The van der Waals surface area contributed by atoms with Crippen molar-refractivity contribution in [1.29, 1.82) is 0 Å². The molecule has 0 aliphatic carbocycles. The van der Waals surface area contributed by atoms with Crippen molar-refractivity contribution in [3.05, 3.63) is 101 Å². The number of amides is 1. The lowest BCUT2D eigenvalue weighted by molar-refractivity contribution is -0.130. The minimum atomic E-state index is -0.450. The van der Waals surface area contributed by atoms with E-state index in [0.717, 1.165) is 11.1 Å². The molecule has 3 aromatic rings. The van der Waals surface area contributed by atoms with Gasteiger partial charge in [0.2, 0.25) is 0 Å². The molecule has 0 saturated heterocycles. The second-order valence-electron chi connectivity index (χ2n) is 6.10. The molecular weight excluding hydrogens is 350 g/mol. The van der Waals surface area contributed by atoms with Gasteiger partial charge in [-0.2, -0.15) is 0 Å². The number of halogens is 1. The number of rotatable bonds is 4. The molecule has 4 rings (SSSR count). The van der Waals surface area contributed by atoms with E-state index in [1.54, 1.807) is 29.4 Å². The van der Waals surface area contributed by atoms with Crippen LogP contribution in [0.5, 0.6) is 0 Å². The molecule has 1 aliphatic heterocycles. The number of hydrogen-bond acceptors (Lipinski definition) is 3. The average Bonchev–Trinajstić information content (AvgIpc) is 3.25. The second-order valence-corrected chi connectivity index (χ2v) is 6.53. The number of carbonyl (C=O) groups excluding carboxylic acids is 1. The summed E-state index contributed by atoms with van der Waals surface area (Å²) in [6.45, 7) is 0.253. The summed E-state index contributed by atoms with van der Waals surface area (Å²) in [7, 11) is 0. The van der Waals surface area contributed by atoms with Crippen molar-refractivity contribution in [1.82, 2.24) is 4.90 Å². The van der Waals surface area contributed by atoms with E-state index < -0.39 is 11.9 Å². The van der Waals surface area contributed by atoms with E-state index in [-0.39, 0.29) is 12.3 Å². The smallest absolute Gasteiger partial charge is 0.290 e. The average molecular weight is 366 g/mol. The first kappa shape index (κ1) is 16.5. The number of hydrogen-bond donors (Lipinski definition) is 1. The zero-order valence-corrected chi connectivity index (χ0v) is 14.6. The summed E-state index contributed by atoms with van der Waals surface area (Å²) in [5, 5.41) is 11.2. The molecule has 1 amide bonds. The Hall–Kier alpha value is -2.98. The summed E-state index contributed by atoms with van der Waals surface area (Å²) in [6.07, 6.45) is 1.57. The van der Waals surface area contributed by atoms with Crippen molar-refractivity contribution in [3.8, 4) is 0 Å². The summed E-state index contributed by atoms with van der Waals surface area (Å²) >= 11 is 6.18. The molecule has 2 heterocycles. The highest BCUT2D eigenvalue weighted by Crippen LogP contribution is 2.44. The minimum Gasteiger partial charge on any atom is -0.503 e. The first-order valence-corrected chi connectivity index (χ1v) is 8.60. The third-order valence-electron chi connectivity index (χ3n) is 4.46. The van der Waals surface area contributed by atoms with Gasteiger partial charge in [0.25, 0.3) is 5.91 Å². The topological polar surface area (TPSA) is 53.7 Å². The normalized spacial score (nSPS) is 17.2. The van der Waals surface area contributed by atoms with Crippen LogP contribution < -0.4 is 0 Å². The molecule has 0 radical (unpaired) electrons. The molecule has 1 N–H and O–H groups in total. The fourth-order valence-corrected chi connectivity index (χ4v) is 3.52. The molecule has 26 heavy (non-hydrogen) atoms.